The van der Waals surface area contributed by atoms with E-state index >= 15 is 0 Å². The molecule has 106 valence electrons. The van der Waals surface area contributed by atoms with Crippen molar-refractivity contribution in [2.75, 3.05) is 31.1 Å². The zero-order valence-electron chi connectivity index (χ0n) is 12.9. The Labute approximate surface area is 118 Å². The first-order valence-electron chi connectivity index (χ1n) is 7.59. The van der Waals surface area contributed by atoms with Gasteiger partial charge < -0.3 is 10.2 Å². The van der Waals surface area contributed by atoms with Crippen molar-refractivity contribution in [3.8, 4) is 0 Å². The van der Waals surface area contributed by atoms with Crippen molar-refractivity contribution in [1.29, 1.82) is 0 Å². The minimum atomic E-state index is 0.747. The van der Waals surface area contributed by atoms with Gasteiger partial charge in [0.25, 0.3) is 0 Å². The Kier molecular flexibility index (Phi) is 4.87. The molecule has 19 heavy (non-hydrogen) atoms. The summed E-state index contributed by atoms with van der Waals surface area (Å²) in [6, 6.07) is 6.66. The van der Waals surface area contributed by atoms with Crippen LogP contribution in [0.15, 0.2) is 18.2 Å². The fourth-order valence-electron chi connectivity index (χ4n) is 2.87. The lowest BCUT2D eigenvalue weighted by molar-refractivity contribution is 0.477. The summed E-state index contributed by atoms with van der Waals surface area (Å²) < 4.78 is 0. The van der Waals surface area contributed by atoms with Crippen LogP contribution in [-0.4, -0.2) is 26.2 Å². The van der Waals surface area contributed by atoms with E-state index < -0.39 is 0 Å². The molecule has 2 nitrogen and oxygen atoms in total. The summed E-state index contributed by atoms with van der Waals surface area (Å²) in [6.45, 7) is 13.7. The summed E-state index contributed by atoms with van der Waals surface area (Å²) in [4.78, 5) is 2.56. The highest BCUT2D eigenvalue weighted by atomic mass is 15.2. The Balaban J connectivity index is 1.89. The molecule has 1 aromatic carbocycles. The van der Waals surface area contributed by atoms with E-state index in [0.29, 0.717) is 0 Å². The van der Waals surface area contributed by atoms with Crippen molar-refractivity contribution in [3.63, 3.8) is 0 Å². The van der Waals surface area contributed by atoms with Crippen molar-refractivity contribution < 1.29 is 0 Å². The Morgan fingerprint density at radius 3 is 2.84 bits per heavy atom. The lowest BCUT2D eigenvalue weighted by atomic mass is 10.1. The largest absolute Gasteiger partial charge is 0.371 e. The van der Waals surface area contributed by atoms with E-state index in [1.807, 2.05) is 0 Å². The van der Waals surface area contributed by atoms with Crippen molar-refractivity contribution in [3.05, 3.63) is 29.3 Å². The number of rotatable bonds is 5. The molecule has 0 saturated carbocycles. The molecule has 1 fully saturated rings. The molecule has 1 N–H and O–H groups in total. The molecule has 0 radical (unpaired) electrons. The first-order chi connectivity index (χ1) is 9.08. The number of benzene rings is 1. The van der Waals surface area contributed by atoms with E-state index in [1.54, 1.807) is 0 Å². The Morgan fingerprint density at radius 1 is 1.32 bits per heavy atom. The number of anilines is 1. The molecule has 1 heterocycles. The monoisotopic (exact) mass is 260 g/mol. The molecule has 1 aliphatic heterocycles. The highest BCUT2D eigenvalue weighted by Crippen LogP contribution is 2.28. The van der Waals surface area contributed by atoms with Crippen LogP contribution in [0.2, 0.25) is 0 Å². The molecule has 0 spiro atoms. The van der Waals surface area contributed by atoms with Gasteiger partial charge in [-0.1, -0.05) is 26.0 Å². The lowest BCUT2D eigenvalue weighted by Gasteiger charge is -2.22. The van der Waals surface area contributed by atoms with E-state index in [9.17, 15) is 0 Å². The molecule has 0 aliphatic carbocycles. The average Bonchev–Trinajstić information content (AvgIpc) is 2.81. The Hall–Kier alpha value is -1.02. The summed E-state index contributed by atoms with van der Waals surface area (Å²) in [7, 11) is 0. The minimum Gasteiger partial charge on any atom is -0.371 e. The molecule has 0 amide bonds. The molecular weight excluding hydrogens is 232 g/mol. The maximum absolute atomic E-state index is 3.60. The zero-order chi connectivity index (χ0) is 13.8. The van der Waals surface area contributed by atoms with Gasteiger partial charge in [-0.05, 0) is 62.4 Å². The first-order valence-corrected chi connectivity index (χ1v) is 7.59. The molecule has 0 aromatic heterocycles. The average molecular weight is 260 g/mol. The smallest absolute Gasteiger partial charge is 0.0398 e. The van der Waals surface area contributed by atoms with Gasteiger partial charge in [0.15, 0.2) is 0 Å². The van der Waals surface area contributed by atoms with Gasteiger partial charge >= 0.3 is 0 Å². The topological polar surface area (TPSA) is 15.3 Å². The van der Waals surface area contributed by atoms with Crippen LogP contribution < -0.4 is 10.2 Å². The zero-order valence-corrected chi connectivity index (χ0v) is 12.9. The fraction of sp³-hybridized carbons (Fsp3) is 0.647. The number of hydrogen-bond donors (Lipinski definition) is 1. The van der Waals surface area contributed by atoms with Gasteiger partial charge in [0.2, 0.25) is 0 Å². The van der Waals surface area contributed by atoms with Crippen LogP contribution in [-0.2, 0) is 0 Å². The minimum absolute atomic E-state index is 0.747. The number of nitrogens with zero attached hydrogens (tertiary/aromatic N) is 1. The summed E-state index contributed by atoms with van der Waals surface area (Å²) >= 11 is 0. The van der Waals surface area contributed by atoms with Crippen LogP contribution in [0.25, 0.3) is 0 Å². The molecule has 2 heteroatoms. The highest BCUT2D eigenvalue weighted by molar-refractivity contribution is 5.56. The lowest BCUT2D eigenvalue weighted by Crippen LogP contribution is -2.29. The van der Waals surface area contributed by atoms with Crippen LogP contribution in [0, 0.1) is 25.7 Å². The quantitative estimate of drug-likeness (QED) is 0.873. The van der Waals surface area contributed by atoms with Crippen LogP contribution in [0.5, 0.6) is 0 Å². The Bertz CT molecular complexity index is 412. The molecule has 1 atom stereocenters. The number of aryl methyl sites for hydroxylation is 1. The summed E-state index contributed by atoms with van der Waals surface area (Å²) in [5.74, 6) is 1.55. The second kappa shape index (κ2) is 6.42. The predicted octanol–water partition coefficient (Wildman–Crippen LogP) is 3.38. The molecule has 1 aliphatic rings. The van der Waals surface area contributed by atoms with Gasteiger partial charge in [0.1, 0.15) is 0 Å². The van der Waals surface area contributed by atoms with Crippen molar-refractivity contribution in [2.45, 2.75) is 34.1 Å². The molecular formula is C17H28N2. The Morgan fingerprint density at radius 2 is 2.11 bits per heavy atom. The molecule has 1 saturated heterocycles. The van der Waals surface area contributed by atoms with Crippen molar-refractivity contribution >= 4 is 5.69 Å². The molecule has 0 bridgehead atoms. The highest BCUT2D eigenvalue weighted by Gasteiger charge is 2.23. The van der Waals surface area contributed by atoms with Gasteiger partial charge in [-0.2, -0.15) is 0 Å². The third kappa shape index (κ3) is 3.73. The van der Waals surface area contributed by atoms with Crippen molar-refractivity contribution in [2.24, 2.45) is 11.8 Å². The molecule has 1 aromatic rings. The van der Waals surface area contributed by atoms with Crippen LogP contribution in [0.4, 0.5) is 5.69 Å². The summed E-state index contributed by atoms with van der Waals surface area (Å²) in [6.07, 6.45) is 1.32. The van der Waals surface area contributed by atoms with Crippen molar-refractivity contribution in [1.82, 2.24) is 5.32 Å². The number of nitrogens with one attached hydrogen (secondary N) is 1. The van der Waals surface area contributed by atoms with Gasteiger partial charge in [-0.15, -0.1) is 0 Å². The molecule has 2 rings (SSSR count). The van der Waals surface area contributed by atoms with Gasteiger partial charge in [0.05, 0.1) is 0 Å². The van der Waals surface area contributed by atoms with E-state index in [4.69, 9.17) is 0 Å². The predicted molar refractivity (Wildman–Crippen MR) is 83.9 cm³/mol. The van der Waals surface area contributed by atoms with Gasteiger partial charge in [-0.25, -0.2) is 0 Å². The van der Waals surface area contributed by atoms with Gasteiger partial charge in [-0.3, -0.25) is 0 Å². The fourth-order valence-corrected chi connectivity index (χ4v) is 2.87. The maximum atomic E-state index is 3.60. The normalized spacial score (nSPS) is 19.4. The van der Waals surface area contributed by atoms with Crippen LogP contribution in [0.3, 0.4) is 0 Å². The van der Waals surface area contributed by atoms with E-state index in [1.165, 1.54) is 42.9 Å². The summed E-state index contributed by atoms with van der Waals surface area (Å²) in [5, 5.41) is 3.60. The first kappa shape index (κ1) is 14.4. The maximum Gasteiger partial charge on any atom is 0.0398 e. The summed E-state index contributed by atoms with van der Waals surface area (Å²) in [5.41, 5.74) is 4.28. The van der Waals surface area contributed by atoms with Crippen LogP contribution in [0.1, 0.15) is 31.4 Å². The van der Waals surface area contributed by atoms with Gasteiger partial charge in [0, 0.05) is 18.8 Å². The second-order valence-electron chi connectivity index (χ2n) is 6.37. The SMILES string of the molecule is Cc1cccc(N2CCC(CNCC(C)C)C2)c1C. The second-order valence-corrected chi connectivity index (χ2v) is 6.37. The third-order valence-electron chi connectivity index (χ3n) is 4.19. The van der Waals surface area contributed by atoms with E-state index in [2.05, 4.69) is 56.1 Å². The third-order valence-corrected chi connectivity index (χ3v) is 4.19. The van der Waals surface area contributed by atoms with Crippen LogP contribution >= 0.6 is 0 Å². The van der Waals surface area contributed by atoms with E-state index in [0.717, 1.165) is 18.4 Å². The number of hydrogen-bond acceptors (Lipinski definition) is 2. The van der Waals surface area contributed by atoms with E-state index in [-0.39, 0.29) is 0 Å². The standard InChI is InChI=1S/C17H28N2/c1-13(2)10-18-11-16-8-9-19(12-16)17-7-5-6-14(3)15(17)4/h5-7,13,16,18H,8-12H2,1-4H3. The molecule has 1 unspecified atom stereocenters.